The van der Waals surface area contributed by atoms with E-state index in [1.165, 1.54) is 30.7 Å². The summed E-state index contributed by atoms with van der Waals surface area (Å²) in [6.45, 7) is 0.660. The van der Waals surface area contributed by atoms with Crippen LogP contribution in [0.15, 0.2) is 52.9 Å². The van der Waals surface area contributed by atoms with Crippen LogP contribution in [-0.2, 0) is 14.8 Å². The van der Waals surface area contributed by atoms with Crippen LogP contribution in [-0.4, -0.2) is 68.4 Å². The number of hydrogen-bond donors (Lipinski definition) is 1. The third-order valence-corrected chi connectivity index (χ3v) is 8.55. The van der Waals surface area contributed by atoms with Crippen molar-refractivity contribution in [3.63, 3.8) is 0 Å². The molecule has 1 aromatic carbocycles. The third-order valence-electron chi connectivity index (χ3n) is 5.29. The number of ether oxygens (including phenoxy) is 1. The Labute approximate surface area is 213 Å². The first-order valence-electron chi connectivity index (χ1n) is 10.5. The molecular formula is C22H21BClN5O4S2. The number of esters is 1. The van der Waals surface area contributed by atoms with Gasteiger partial charge in [0.15, 0.2) is 5.65 Å². The van der Waals surface area contributed by atoms with Crippen molar-refractivity contribution in [2.24, 2.45) is 0 Å². The number of sulfonamides is 1. The Kier molecular flexibility index (Phi) is 7.46. The SMILES string of the molecule is [B]c1cnn2c(NCCCN(C)S(=O)(=O)c3ccsc3C(=O)OC)cc(-c3ccccc3Cl)nc12. The predicted molar refractivity (Wildman–Crippen MR) is 137 cm³/mol. The lowest BCUT2D eigenvalue weighted by Crippen LogP contribution is -2.30. The number of aromatic nitrogens is 3. The van der Waals surface area contributed by atoms with E-state index < -0.39 is 16.0 Å². The highest BCUT2D eigenvalue weighted by Crippen LogP contribution is 2.28. The predicted octanol–water partition coefficient (Wildman–Crippen LogP) is 2.81. The normalized spacial score (nSPS) is 11.8. The number of methoxy groups -OCH3 is 1. The van der Waals surface area contributed by atoms with Gasteiger partial charge in [-0.2, -0.15) is 9.61 Å². The van der Waals surface area contributed by atoms with Gasteiger partial charge in [0, 0.05) is 43.0 Å². The number of anilines is 1. The Morgan fingerprint density at radius 3 is 2.83 bits per heavy atom. The number of nitrogens with one attached hydrogen (secondary N) is 1. The lowest BCUT2D eigenvalue weighted by molar-refractivity contribution is 0.0602. The van der Waals surface area contributed by atoms with E-state index in [9.17, 15) is 13.2 Å². The lowest BCUT2D eigenvalue weighted by Gasteiger charge is -2.18. The number of carbonyl (C=O) groups excluding carboxylic acids is 1. The van der Waals surface area contributed by atoms with Gasteiger partial charge >= 0.3 is 5.97 Å². The molecule has 0 amide bonds. The maximum Gasteiger partial charge on any atom is 0.349 e. The van der Waals surface area contributed by atoms with E-state index in [4.69, 9.17) is 24.2 Å². The molecule has 2 radical (unpaired) electrons. The number of hydrogen-bond acceptors (Lipinski definition) is 8. The fraction of sp³-hybridized carbons (Fsp3) is 0.227. The van der Waals surface area contributed by atoms with Gasteiger partial charge in [0.2, 0.25) is 10.0 Å². The van der Waals surface area contributed by atoms with Gasteiger partial charge < -0.3 is 10.1 Å². The molecule has 35 heavy (non-hydrogen) atoms. The quantitative estimate of drug-likeness (QED) is 0.202. The van der Waals surface area contributed by atoms with Crippen LogP contribution in [0.1, 0.15) is 16.1 Å². The summed E-state index contributed by atoms with van der Waals surface area (Å²) in [7, 11) is 4.89. The second-order valence-corrected chi connectivity index (χ2v) is 10.9. The first-order chi connectivity index (χ1) is 16.7. The van der Waals surface area contributed by atoms with Crippen molar-refractivity contribution < 1.29 is 17.9 Å². The molecule has 4 rings (SSSR count). The minimum Gasteiger partial charge on any atom is -0.465 e. The minimum atomic E-state index is -3.85. The highest BCUT2D eigenvalue weighted by atomic mass is 35.5. The van der Waals surface area contributed by atoms with E-state index in [2.05, 4.69) is 15.4 Å². The summed E-state index contributed by atoms with van der Waals surface area (Å²) < 4.78 is 33.4. The van der Waals surface area contributed by atoms with E-state index in [0.717, 1.165) is 16.9 Å². The molecule has 0 unspecified atom stereocenters. The van der Waals surface area contributed by atoms with Crippen molar-refractivity contribution >= 4 is 63.7 Å². The third kappa shape index (κ3) is 5.06. The number of thiophene rings is 1. The Morgan fingerprint density at radius 1 is 1.31 bits per heavy atom. The van der Waals surface area contributed by atoms with Gasteiger partial charge in [-0.05, 0) is 29.4 Å². The van der Waals surface area contributed by atoms with Crippen LogP contribution in [0, 0.1) is 0 Å². The standard InChI is InChI=1S/C22H21BClN5O4S2/c1-28(35(31,32)18-8-11-34-20(18)22(30)33-2)10-5-9-25-19-12-17(14-6-3-4-7-16(14)24)27-21-15(23)13-26-29(19)21/h3-4,6-8,11-13,25H,5,9-10H2,1-2H3. The van der Waals surface area contributed by atoms with Crippen LogP contribution in [0.25, 0.3) is 16.9 Å². The molecule has 0 saturated heterocycles. The van der Waals surface area contributed by atoms with Gasteiger partial charge in [-0.25, -0.2) is 22.5 Å². The van der Waals surface area contributed by atoms with Crippen LogP contribution in [0.2, 0.25) is 5.02 Å². The zero-order chi connectivity index (χ0) is 25.2. The maximum absolute atomic E-state index is 13.0. The molecule has 1 N–H and O–H groups in total. The highest BCUT2D eigenvalue weighted by molar-refractivity contribution is 7.89. The first kappa shape index (κ1) is 25.2. The van der Waals surface area contributed by atoms with Crippen LogP contribution in [0.4, 0.5) is 5.82 Å². The number of fused-ring (bicyclic) bond motifs is 1. The van der Waals surface area contributed by atoms with Gasteiger partial charge in [-0.3, -0.25) is 0 Å². The zero-order valence-electron chi connectivity index (χ0n) is 18.9. The molecule has 3 heterocycles. The molecule has 0 aliphatic carbocycles. The number of halogens is 1. The van der Waals surface area contributed by atoms with Crippen LogP contribution >= 0.6 is 22.9 Å². The van der Waals surface area contributed by atoms with Crippen LogP contribution in [0.5, 0.6) is 0 Å². The molecule has 180 valence electrons. The first-order valence-corrected chi connectivity index (χ1v) is 13.2. The smallest absolute Gasteiger partial charge is 0.349 e. The molecule has 0 aliphatic rings. The van der Waals surface area contributed by atoms with Gasteiger partial charge in [0.05, 0.1) is 12.8 Å². The second-order valence-electron chi connectivity index (χ2n) is 7.55. The summed E-state index contributed by atoms with van der Waals surface area (Å²) in [4.78, 5) is 16.5. The average Bonchev–Trinajstić information content (AvgIpc) is 3.49. The van der Waals surface area contributed by atoms with Crippen molar-refractivity contribution in [3.05, 3.63) is 57.9 Å². The topological polar surface area (TPSA) is 106 Å². The van der Waals surface area contributed by atoms with Crippen LogP contribution in [0.3, 0.4) is 0 Å². The molecule has 0 bridgehead atoms. The van der Waals surface area contributed by atoms with E-state index in [1.807, 2.05) is 24.3 Å². The largest absolute Gasteiger partial charge is 0.465 e. The highest BCUT2D eigenvalue weighted by Gasteiger charge is 2.28. The Hall–Kier alpha value is -2.93. The summed E-state index contributed by atoms with van der Waals surface area (Å²) in [6.07, 6.45) is 2.00. The van der Waals surface area contributed by atoms with E-state index in [0.29, 0.717) is 40.6 Å². The summed E-state index contributed by atoms with van der Waals surface area (Å²) in [5, 5.41) is 9.67. The van der Waals surface area contributed by atoms with Gasteiger partial charge in [-0.1, -0.05) is 29.8 Å². The Balaban J connectivity index is 1.48. The van der Waals surface area contributed by atoms with Crippen molar-refractivity contribution in [1.29, 1.82) is 0 Å². The second kappa shape index (κ2) is 10.4. The minimum absolute atomic E-state index is 0.0556. The summed E-state index contributed by atoms with van der Waals surface area (Å²) in [5.41, 5.74) is 2.29. The molecule has 0 aliphatic heterocycles. The zero-order valence-corrected chi connectivity index (χ0v) is 21.3. The number of carbonyl (C=O) groups is 1. The fourth-order valence-corrected chi connectivity index (χ4v) is 6.21. The van der Waals surface area contributed by atoms with E-state index in [1.54, 1.807) is 16.0 Å². The molecule has 4 aromatic rings. The molecule has 3 aromatic heterocycles. The summed E-state index contributed by atoms with van der Waals surface area (Å²) in [6, 6.07) is 10.6. The molecule has 13 heteroatoms. The Morgan fingerprint density at radius 2 is 2.09 bits per heavy atom. The van der Waals surface area contributed by atoms with Gasteiger partial charge in [0.1, 0.15) is 23.4 Å². The molecule has 0 fully saturated rings. The maximum atomic E-state index is 13.0. The number of rotatable bonds is 9. The summed E-state index contributed by atoms with van der Waals surface area (Å²) in [5.74, 6) is -0.0406. The molecule has 0 spiro atoms. The van der Waals surface area contributed by atoms with Crippen molar-refractivity contribution in [2.45, 2.75) is 11.3 Å². The Bertz CT molecular complexity index is 1490. The molecule has 9 nitrogen and oxygen atoms in total. The number of nitrogens with zero attached hydrogens (tertiary/aromatic N) is 4. The lowest BCUT2D eigenvalue weighted by atomic mass is 10.0. The monoisotopic (exact) mass is 529 g/mol. The van der Waals surface area contributed by atoms with Crippen molar-refractivity contribution in [2.75, 3.05) is 32.6 Å². The van der Waals surface area contributed by atoms with Gasteiger partial charge in [0.25, 0.3) is 0 Å². The van der Waals surface area contributed by atoms with Crippen molar-refractivity contribution in [3.8, 4) is 11.3 Å². The number of benzene rings is 1. The van der Waals surface area contributed by atoms with E-state index >= 15 is 0 Å². The molecule has 0 atom stereocenters. The average molecular weight is 530 g/mol. The molecule has 0 saturated carbocycles. The van der Waals surface area contributed by atoms with Gasteiger partial charge in [-0.15, -0.1) is 11.3 Å². The molecular weight excluding hydrogens is 509 g/mol. The van der Waals surface area contributed by atoms with Crippen molar-refractivity contribution in [1.82, 2.24) is 18.9 Å². The van der Waals surface area contributed by atoms with E-state index in [-0.39, 0.29) is 16.3 Å². The summed E-state index contributed by atoms with van der Waals surface area (Å²) >= 11 is 7.39. The van der Waals surface area contributed by atoms with Crippen LogP contribution < -0.4 is 10.8 Å². The fourth-order valence-electron chi connectivity index (χ4n) is 3.46.